The number of alkyl halides is 3. The third-order valence-electron chi connectivity index (χ3n) is 6.62. The van der Waals surface area contributed by atoms with E-state index in [1.165, 1.54) is 0 Å². The molecule has 0 heterocycles. The SMILES string of the molecule is CC(C)(C)OC12CCC3CC(C1)CC(C(=O)OCCC(F)C(F)(F)S(=O)(=O)O)(C3)C2. The standard InChI is InChI=1S/C20H31F3O6S/c1-17(2,3)29-19-6-4-13-8-14(11-19)10-18(9-13,12-19)16(24)28-7-5-15(21)20(22,23)30(25,26)27/h13-15H,4-12H2,1-3H3,(H,25,26,27). The smallest absolute Gasteiger partial charge is 0.400 e. The maximum Gasteiger partial charge on any atom is 0.400 e. The average molecular weight is 457 g/mol. The second-order valence-corrected chi connectivity index (χ2v) is 11.9. The number of hydrogen-bond donors (Lipinski definition) is 1. The summed E-state index contributed by atoms with van der Waals surface area (Å²) in [4.78, 5) is 13.0. The van der Waals surface area contributed by atoms with Crippen LogP contribution in [0.5, 0.6) is 0 Å². The molecule has 5 atom stereocenters. The third-order valence-corrected chi connectivity index (χ3v) is 7.57. The van der Waals surface area contributed by atoms with Crippen LogP contribution >= 0.6 is 0 Å². The first-order valence-corrected chi connectivity index (χ1v) is 11.9. The molecule has 4 aliphatic rings. The molecular formula is C20H31F3O6S. The molecule has 0 spiro atoms. The van der Waals surface area contributed by atoms with Gasteiger partial charge in [0.15, 0.2) is 6.17 Å². The van der Waals surface area contributed by atoms with Gasteiger partial charge < -0.3 is 9.47 Å². The molecule has 1 N–H and O–H groups in total. The summed E-state index contributed by atoms with van der Waals surface area (Å²) in [5.41, 5.74) is -1.61. The van der Waals surface area contributed by atoms with Crippen molar-refractivity contribution in [3.8, 4) is 0 Å². The molecule has 0 radical (unpaired) electrons. The Morgan fingerprint density at radius 1 is 1.20 bits per heavy atom. The van der Waals surface area contributed by atoms with Crippen molar-refractivity contribution in [1.82, 2.24) is 0 Å². The quantitative estimate of drug-likeness (QED) is 0.454. The molecule has 10 heteroatoms. The van der Waals surface area contributed by atoms with Gasteiger partial charge in [-0.15, -0.1) is 0 Å². The molecule has 0 saturated heterocycles. The summed E-state index contributed by atoms with van der Waals surface area (Å²) in [5.74, 6) is 0.123. The topological polar surface area (TPSA) is 89.9 Å². The van der Waals surface area contributed by atoms with Crippen LogP contribution < -0.4 is 0 Å². The first kappa shape index (κ1) is 23.8. The summed E-state index contributed by atoms with van der Waals surface area (Å²) in [6.45, 7) is 5.24. The molecule has 0 aromatic rings. The lowest BCUT2D eigenvalue weighted by Crippen LogP contribution is -2.53. The lowest BCUT2D eigenvalue weighted by molar-refractivity contribution is -0.198. The molecule has 0 aliphatic heterocycles. The Morgan fingerprint density at radius 3 is 2.43 bits per heavy atom. The molecule has 174 valence electrons. The highest BCUT2D eigenvalue weighted by Crippen LogP contribution is 2.61. The molecule has 0 aromatic heterocycles. The zero-order valence-corrected chi connectivity index (χ0v) is 18.4. The number of carbonyl (C=O) groups excluding carboxylic acids is 1. The molecule has 4 fully saturated rings. The van der Waals surface area contributed by atoms with Crippen LogP contribution in [0.1, 0.15) is 72.1 Å². The predicted octanol–water partition coefficient (Wildman–Crippen LogP) is 4.28. The maximum absolute atomic E-state index is 13.7. The van der Waals surface area contributed by atoms with E-state index < -0.39 is 51.6 Å². The minimum absolute atomic E-state index is 0.313. The van der Waals surface area contributed by atoms with Crippen molar-refractivity contribution in [3.05, 3.63) is 0 Å². The highest BCUT2D eigenvalue weighted by Gasteiger charge is 2.60. The Bertz CT molecular complexity index is 780. The molecule has 4 saturated carbocycles. The van der Waals surface area contributed by atoms with Crippen molar-refractivity contribution in [1.29, 1.82) is 0 Å². The molecule has 4 aliphatic carbocycles. The van der Waals surface area contributed by atoms with Gasteiger partial charge in [-0.3, -0.25) is 9.35 Å². The van der Waals surface area contributed by atoms with Crippen LogP contribution in [0.3, 0.4) is 0 Å². The molecule has 4 bridgehead atoms. The number of carbonyl (C=O) groups is 1. The molecule has 0 amide bonds. The van der Waals surface area contributed by atoms with Gasteiger partial charge in [0.2, 0.25) is 0 Å². The van der Waals surface area contributed by atoms with Crippen LogP contribution in [0.15, 0.2) is 0 Å². The van der Waals surface area contributed by atoms with Crippen LogP contribution in [0.4, 0.5) is 13.2 Å². The Morgan fingerprint density at radius 2 is 1.83 bits per heavy atom. The molecule has 30 heavy (non-hydrogen) atoms. The van der Waals surface area contributed by atoms with E-state index in [-0.39, 0.29) is 5.60 Å². The largest absolute Gasteiger partial charge is 0.465 e. The van der Waals surface area contributed by atoms with Crippen LogP contribution in [-0.4, -0.2) is 48.2 Å². The minimum atomic E-state index is -5.88. The van der Waals surface area contributed by atoms with Crippen molar-refractivity contribution in [2.45, 2.75) is 94.8 Å². The van der Waals surface area contributed by atoms with E-state index in [0.717, 1.165) is 25.7 Å². The number of hydrogen-bond acceptors (Lipinski definition) is 5. The van der Waals surface area contributed by atoms with Gasteiger partial charge in [-0.2, -0.15) is 17.2 Å². The van der Waals surface area contributed by atoms with Crippen LogP contribution in [-0.2, 0) is 24.4 Å². The normalized spacial score (nSPS) is 35.2. The fourth-order valence-electron chi connectivity index (χ4n) is 5.97. The predicted molar refractivity (Wildman–Crippen MR) is 102 cm³/mol. The number of fused-ring (bicyclic) bond motifs is 1. The molecule has 4 rings (SSSR count). The average Bonchev–Trinajstić information content (AvgIpc) is 2.74. The molecular weight excluding hydrogens is 425 g/mol. The number of rotatable bonds is 7. The second-order valence-electron chi connectivity index (χ2n) is 10.4. The van der Waals surface area contributed by atoms with E-state index in [9.17, 15) is 26.4 Å². The summed E-state index contributed by atoms with van der Waals surface area (Å²) in [6.07, 6.45) is 1.28. The van der Waals surface area contributed by atoms with E-state index in [4.69, 9.17) is 14.0 Å². The fraction of sp³-hybridized carbons (Fsp3) is 0.950. The minimum Gasteiger partial charge on any atom is -0.465 e. The van der Waals surface area contributed by atoms with Crippen LogP contribution in [0.2, 0.25) is 0 Å². The van der Waals surface area contributed by atoms with Gasteiger partial charge in [0.1, 0.15) is 0 Å². The van der Waals surface area contributed by atoms with Gasteiger partial charge in [-0.05, 0) is 77.6 Å². The Hall–Kier alpha value is -0.870. The van der Waals surface area contributed by atoms with Gasteiger partial charge >= 0.3 is 21.3 Å². The summed E-state index contributed by atoms with van der Waals surface area (Å²) in [5, 5.41) is -4.94. The van der Waals surface area contributed by atoms with Crippen molar-refractivity contribution in [3.63, 3.8) is 0 Å². The van der Waals surface area contributed by atoms with E-state index in [1.807, 2.05) is 20.8 Å². The summed E-state index contributed by atoms with van der Waals surface area (Å²) < 4.78 is 81.8. The lowest BCUT2D eigenvalue weighted by atomic mass is 9.57. The Balaban J connectivity index is 1.69. The maximum atomic E-state index is 13.7. The zero-order valence-electron chi connectivity index (χ0n) is 17.6. The lowest BCUT2D eigenvalue weighted by Gasteiger charge is -2.52. The van der Waals surface area contributed by atoms with Crippen LogP contribution in [0, 0.1) is 17.3 Å². The van der Waals surface area contributed by atoms with E-state index in [2.05, 4.69) is 0 Å². The Kier molecular flexibility index (Phi) is 6.04. The zero-order chi connectivity index (χ0) is 22.6. The number of ether oxygens (including phenoxy) is 2. The van der Waals surface area contributed by atoms with Crippen molar-refractivity contribution >= 4 is 16.1 Å². The second kappa shape index (κ2) is 7.62. The Labute approximate surface area is 175 Å². The molecule has 0 aromatic carbocycles. The van der Waals surface area contributed by atoms with Gasteiger partial charge in [-0.1, -0.05) is 0 Å². The van der Waals surface area contributed by atoms with Gasteiger partial charge in [0.25, 0.3) is 0 Å². The third kappa shape index (κ3) is 4.65. The first-order valence-electron chi connectivity index (χ1n) is 10.4. The van der Waals surface area contributed by atoms with Crippen molar-refractivity contribution in [2.75, 3.05) is 6.61 Å². The van der Waals surface area contributed by atoms with Crippen LogP contribution in [0.25, 0.3) is 0 Å². The van der Waals surface area contributed by atoms with Gasteiger partial charge in [-0.25, -0.2) is 4.39 Å². The highest BCUT2D eigenvalue weighted by atomic mass is 32.2. The van der Waals surface area contributed by atoms with Gasteiger partial charge in [0, 0.05) is 6.42 Å². The summed E-state index contributed by atoms with van der Waals surface area (Å²) in [6, 6.07) is 0. The number of halogens is 3. The van der Waals surface area contributed by atoms with E-state index >= 15 is 0 Å². The monoisotopic (exact) mass is 456 g/mol. The fourth-order valence-corrected chi connectivity index (χ4v) is 6.41. The highest BCUT2D eigenvalue weighted by molar-refractivity contribution is 7.86. The molecule has 5 unspecified atom stereocenters. The summed E-state index contributed by atoms with van der Waals surface area (Å²) in [7, 11) is -5.88. The van der Waals surface area contributed by atoms with E-state index in [0.29, 0.717) is 31.1 Å². The van der Waals surface area contributed by atoms with Crippen molar-refractivity contribution in [2.24, 2.45) is 17.3 Å². The number of esters is 1. The van der Waals surface area contributed by atoms with Gasteiger partial charge in [0.05, 0.1) is 23.2 Å². The summed E-state index contributed by atoms with van der Waals surface area (Å²) >= 11 is 0. The van der Waals surface area contributed by atoms with Crippen molar-refractivity contribution < 1.29 is 40.4 Å². The first-order chi connectivity index (χ1) is 13.6. The molecule has 6 nitrogen and oxygen atoms in total. The van der Waals surface area contributed by atoms with E-state index in [1.54, 1.807) is 0 Å².